The van der Waals surface area contributed by atoms with Gasteiger partial charge < -0.3 is 5.32 Å². The number of nitrogens with zero attached hydrogens (tertiary/aromatic N) is 1. The number of carbonyl (C=O) groups is 1. The van der Waals surface area contributed by atoms with E-state index in [9.17, 15) is 4.79 Å². The van der Waals surface area contributed by atoms with Crippen molar-refractivity contribution in [1.82, 2.24) is 5.32 Å². The fraction of sp³-hybridized carbons (Fsp3) is 0.429. The van der Waals surface area contributed by atoms with Gasteiger partial charge >= 0.3 is 0 Å². The van der Waals surface area contributed by atoms with Crippen LogP contribution in [-0.2, 0) is 4.79 Å². The topological polar surface area (TPSA) is 52.9 Å². The van der Waals surface area contributed by atoms with Crippen molar-refractivity contribution in [3.8, 4) is 6.07 Å². The molecule has 1 heterocycles. The highest BCUT2D eigenvalue weighted by molar-refractivity contribution is 7.99. The molecule has 1 saturated carbocycles. The molecule has 1 amide bonds. The van der Waals surface area contributed by atoms with Crippen LogP contribution in [0.2, 0.25) is 0 Å². The second-order valence-corrected chi connectivity index (χ2v) is 5.92. The van der Waals surface area contributed by atoms with E-state index in [2.05, 4.69) is 17.5 Å². The van der Waals surface area contributed by atoms with Crippen LogP contribution in [0.15, 0.2) is 29.2 Å². The van der Waals surface area contributed by atoms with E-state index in [1.807, 2.05) is 18.2 Å². The molecular weight excluding hydrogens is 244 g/mol. The highest BCUT2D eigenvalue weighted by atomic mass is 32.2. The first kappa shape index (κ1) is 11.6. The molecule has 1 aliphatic heterocycles. The van der Waals surface area contributed by atoms with E-state index in [1.165, 1.54) is 4.90 Å². The SMILES string of the molecule is N#CC(NC(=O)C1CSc2ccccc21)C1CC1. The highest BCUT2D eigenvalue weighted by Crippen LogP contribution is 2.40. The minimum Gasteiger partial charge on any atom is -0.340 e. The fourth-order valence-corrected chi connectivity index (χ4v) is 3.55. The van der Waals surface area contributed by atoms with E-state index >= 15 is 0 Å². The molecule has 1 N–H and O–H groups in total. The Labute approximate surface area is 111 Å². The molecule has 0 saturated heterocycles. The number of hydrogen-bond donors (Lipinski definition) is 1. The molecular formula is C14H14N2OS. The van der Waals surface area contributed by atoms with E-state index in [1.54, 1.807) is 11.8 Å². The summed E-state index contributed by atoms with van der Waals surface area (Å²) in [6.45, 7) is 0. The van der Waals surface area contributed by atoms with E-state index in [-0.39, 0.29) is 17.9 Å². The Hall–Kier alpha value is -1.47. The van der Waals surface area contributed by atoms with Crippen LogP contribution in [0.1, 0.15) is 24.3 Å². The lowest BCUT2D eigenvalue weighted by molar-refractivity contribution is -0.122. The van der Waals surface area contributed by atoms with Gasteiger partial charge in [-0.15, -0.1) is 11.8 Å². The maximum Gasteiger partial charge on any atom is 0.229 e. The molecule has 1 aliphatic carbocycles. The zero-order valence-electron chi connectivity index (χ0n) is 9.93. The van der Waals surface area contributed by atoms with Crippen LogP contribution in [0.4, 0.5) is 0 Å². The Morgan fingerprint density at radius 2 is 2.22 bits per heavy atom. The summed E-state index contributed by atoms with van der Waals surface area (Å²) in [7, 11) is 0. The number of hydrogen-bond acceptors (Lipinski definition) is 3. The summed E-state index contributed by atoms with van der Waals surface area (Å²) in [5.41, 5.74) is 1.10. The molecule has 4 heteroatoms. The molecule has 0 radical (unpaired) electrons. The molecule has 2 aliphatic rings. The quantitative estimate of drug-likeness (QED) is 0.905. The average molecular weight is 258 g/mol. The largest absolute Gasteiger partial charge is 0.340 e. The van der Waals surface area contributed by atoms with E-state index in [4.69, 9.17) is 5.26 Å². The fourth-order valence-electron chi connectivity index (χ4n) is 2.32. The van der Waals surface area contributed by atoms with Crippen molar-refractivity contribution in [1.29, 1.82) is 5.26 Å². The lowest BCUT2D eigenvalue weighted by atomic mass is 10.00. The predicted molar refractivity (Wildman–Crippen MR) is 70.2 cm³/mol. The van der Waals surface area contributed by atoms with Gasteiger partial charge in [-0.1, -0.05) is 18.2 Å². The Bertz CT molecular complexity index is 519. The number of benzene rings is 1. The number of nitrogens with one attached hydrogen (secondary N) is 1. The smallest absolute Gasteiger partial charge is 0.229 e. The van der Waals surface area contributed by atoms with Crippen molar-refractivity contribution < 1.29 is 4.79 Å². The molecule has 1 fully saturated rings. The number of thioether (sulfide) groups is 1. The van der Waals surface area contributed by atoms with Crippen LogP contribution in [0, 0.1) is 17.2 Å². The zero-order chi connectivity index (χ0) is 12.5. The molecule has 2 atom stereocenters. The third-order valence-corrected chi connectivity index (χ3v) is 4.73. The average Bonchev–Trinajstić information content (AvgIpc) is 3.14. The Kier molecular flexibility index (Phi) is 3.00. The number of nitriles is 1. The monoisotopic (exact) mass is 258 g/mol. The first-order valence-electron chi connectivity index (χ1n) is 6.21. The maximum atomic E-state index is 12.2. The van der Waals surface area contributed by atoms with Crippen molar-refractivity contribution in [2.75, 3.05) is 5.75 Å². The third-order valence-electron chi connectivity index (χ3n) is 3.55. The molecule has 0 aromatic heterocycles. The van der Waals surface area contributed by atoms with E-state index in [0.717, 1.165) is 24.2 Å². The molecule has 1 aromatic rings. The first-order valence-corrected chi connectivity index (χ1v) is 7.20. The molecule has 92 valence electrons. The molecule has 1 aromatic carbocycles. The maximum absolute atomic E-state index is 12.2. The lowest BCUT2D eigenvalue weighted by Crippen LogP contribution is -2.38. The number of amides is 1. The van der Waals surface area contributed by atoms with Crippen molar-refractivity contribution in [3.05, 3.63) is 29.8 Å². The van der Waals surface area contributed by atoms with Gasteiger partial charge in [0.25, 0.3) is 0 Å². The highest BCUT2D eigenvalue weighted by Gasteiger charge is 2.35. The van der Waals surface area contributed by atoms with E-state index in [0.29, 0.717) is 5.92 Å². The third kappa shape index (κ3) is 2.11. The summed E-state index contributed by atoms with van der Waals surface area (Å²) >= 11 is 1.72. The van der Waals surface area contributed by atoms with Crippen LogP contribution < -0.4 is 5.32 Å². The lowest BCUT2D eigenvalue weighted by Gasteiger charge is -2.15. The first-order chi connectivity index (χ1) is 8.79. The van der Waals surface area contributed by atoms with Gasteiger partial charge in [0.15, 0.2) is 0 Å². The summed E-state index contributed by atoms with van der Waals surface area (Å²) in [4.78, 5) is 13.4. The Balaban J connectivity index is 1.72. The summed E-state index contributed by atoms with van der Waals surface area (Å²) in [5, 5.41) is 12.0. The molecule has 18 heavy (non-hydrogen) atoms. The minimum atomic E-state index is -0.296. The van der Waals surface area contributed by atoms with Crippen LogP contribution >= 0.6 is 11.8 Å². The van der Waals surface area contributed by atoms with Crippen LogP contribution in [0.3, 0.4) is 0 Å². The standard InChI is InChI=1S/C14H14N2OS/c15-7-12(9-5-6-9)16-14(17)11-8-18-13-4-2-1-3-10(11)13/h1-4,9,11-12H,5-6,8H2,(H,16,17). The van der Waals surface area contributed by atoms with E-state index < -0.39 is 0 Å². The van der Waals surface area contributed by atoms with Crippen LogP contribution in [-0.4, -0.2) is 17.7 Å². The number of carbonyl (C=O) groups excluding carboxylic acids is 1. The summed E-state index contributed by atoms with van der Waals surface area (Å²) in [5.74, 6) is 1.07. The summed E-state index contributed by atoms with van der Waals surface area (Å²) < 4.78 is 0. The van der Waals surface area contributed by atoms with Gasteiger partial charge in [-0.3, -0.25) is 4.79 Å². The predicted octanol–water partition coefficient (Wildman–Crippen LogP) is 2.29. The minimum absolute atomic E-state index is 0.00546. The van der Waals surface area contributed by atoms with Gasteiger partial charge in [0.2, 0.25) is 5.91 Å². The van der Waals surface area contributed by atoms with Gasteiger partial charge in [0, 0.05) is 10.6 Å². The molecule has 3 rings (SSSR count). The zero-order valence-corrected chi connectivity index (χ0v) is 10.7. The second kappa shape index (κ2) is 4.66. The molecule has 3 nitrogen and oxygen atoms in total. The summed E-state index contributed by atoms with van der Waals surface area (Å²) in [6, 6.07) is 9.93. The van der Waals surface area contributed by atoms with Gasteiger partial charge in [-0.05, 0) is 30.4 Å². The molecule has 0 spiro atoms. The van der Waals surface area contributed by atoms with Gasteiger partial charge in [0.1, 0.15) is 6.04 Å². The van der Waals surface area contributed by atoms with Crippen molar-refractivity contribution in [3.63, 3.8) is 0 Å². The van der Waals surface area contributed by atoms with Crippen LogP contribution in [0.5, 0.6) is 0 Å². The van der Waals surface area contributed by atoms with Gasteiger partial charge in [-0.25, -0.2) is 0 Å². The number of fused-ring (bicyclic) bond motifs is 1. The van der Waals surface area contributed by atoms with Crippen LogP contribution in [0.25, 0.3) is 0 Å². The normalized spacial score (nSPS) is 22.9. The Morgan fingerprint density at radius 1 is 1.44 bits per heavy atom. The Morgan fingerprint density at radius 3 is 2.94 bits per heavy atom. The second-order valence-electron chi connectivity index (χ2n) is 4.85. The van der Waals surface area contributed by atoms with Crippen molar-refractivity contribution in [2.45, 2.75) is 29.7 Å². The van der Waals surface area contributed by atoms with Crippen molar-refractivity contribution in [2.24, 2.45) is 5.92 Å². The number of rotatable bonds is 3. The summed E-state index contributed by atoms with van der Waals surface area (Å²) in [6.07, 6.45) is 2.13. The van der Waals surface area contributed by atoms with Crippen molar-refractivity contribution >= 4 is 17.7 Å². The molecule has 0 bridgehead atoms. The van der Waals surface area contributed by atoms with Gasteiger partial charge in [0.05, 0.1) is 12.0 Å². The van der Waals surface area contributed by atoms with Gasteiger partial charge in [-0.2, -0.15) is 5.26 Å². The molecule has 2 unspecified atom stereocenters.